The van der Waals surface area contributed by atoms with E-state index in [0.29, 0.717) is 12.3 Å². The van der Waals surface area contributed by atoms with E-state index in [1.807, 2.05) is 6.92 Å². The Morgan fingerprint density at radius 3 is 2.33 bits per heavy atom. The van der Waals surface area contributed by atoms with Crippen LogP contribution in [0.4, 0.5) is 13.2 Å². The molecule has 4 nitrogen and oxygen atoms in total. The molecule has 0 aliphatic carbocycles. The summed E-state index contributed by atoms with van der Waals surface area (Å²) in [5.41, 5.74) is -0.0863. The van der Waals surface area contributed by atoms with Gasteiger partial charge in [-0.05, 0) is 18.8 Å². The van der Waals surface area contributed by atoms with Crippen molar-refractivity contribution in [3.8, 4) is 0 Å². The Labute approximate surface area is 139 Å². The number of methoxy groups -OCH3 is 1. The van der Waals surface area contributed by atoms with Gasteiger partial charge >= 0.3 is 18.1 Å². The van der Waals surface area contributed by atoms with Crippen LogP contribution in [0.3, 0.4) is 0 Å². The number of esters is 1. The van der Waals surface area contributed by atoms with Crippen LogP contribution in [0, 0.1) is 5.92 Å². The maximum absolute atomic E-state index is 12.8. The van der Waals surface area contributed by atoms with Crippen molar-refractivity contribution in [1.82, 2.24) is 0 Å². The van der Waals surface area contributed by atoms with E-state index in [2.05, 4.69) is 11.7 Å². The summed E-state index contributed by atoms with van der Waals surface area (Å²) in [4.78, 5) is 12.3. The molecule has 0 N–H and O–H groups in total. The first-order valence-corrected chi connectivity index (χ1v) is 7.80. The monoisotopic (exact) mass is 348 g/mol. The Morgan fingerprint density at radius 2 is 1.83 bits per heavy atom. The topological polar surface area (TPSA) is 44.8 Å². The molecule has 0 radical (unpaired) electrons. The molecule has 0 unspecified atom stereocenters. The molecular formula is C17H23F3O4. The summed E-state index contributed by atoms with van der Waals surface area (Å²) in [6.45, 7) is 4.10. The fraction of sp³-hybridized carbons (Fsp3) is 0.588. The van der Waals surface area contributed by atoms with Crippen molar-refractivity contribution in [2.75, 3.05) is 13.7 Å². The highest BCUT2D eigenvalue weighted by atomic mass is 19.4. The van der Waals surface area contributed by atoms with Crippen LogP contribution in [0.15, 0.2) is 30.3 Å². The van der Waals surface area contributed by atoms with Crippen molar-refractivity contribution >= 4 is 5.97 Å². The fourth-order valence-electron chi connectivity index (χ4n) is 2.18. The fourth-order valence-corrected chi connectivity index (χ4v) is 2.18. The standard InChI is InChI=1S/C17H23F3O4/c1-4-13(2)9-8-12-23-15(21)16(22-3,24-17(18,19)20)14-10-6-5-7-11-14/h5-7,10-11,13H,4,8-9,12H2,1-3H3/t13-,16-/m0/s1. The van der Waals surface area contributed by atoms with Gasteiger partial charge in [0.1, 0.15) is 0 Å². The van der Waals surface area contributed by atoms with E-state index < -0.39 is 18.1 Å². The van der Waals surface area contributed by atoms with Crippen LogP contribution in [0.25, 0.3) is 0 Å². The Morgan fingerprint density at radius 1 is 1.21 bits per heavy atom. The van der Waals surface area contributed by atoms with Crippen molar-refractivity contribution in [1.29, 1.82) is 0 Å². The van der Waals surface area contributed by atoms with Gasteiger partial charge in [-0.15, -0.1) is 13.2 Å². The number of hydrogen-bond acceptors (Lipinski definition) is 4. The molecule has 0 saturated carbocycles. The molecule has 0 spiro atoms. The van der Waals surface area contributed by atoms with E-state index in [0.717, 1.165) is 20.0 Å². The highest BCUT2D eigenvalue weighted by molar-refractivity contribution is 5.79. The van der Waals surface area contributed by atoms with Crippen LogP contribution < -0.4 is 0 Å². The first-order valence-electron chi connectivity index (χ1n) is 7.80. The van der Waals surface area contributed by atoms with Gasteiger partial charge in [0.2, 0.25) is 0 Å². The normalized spacial score (nSPS) is 15.6. The highest BCUT2D eigenvalue weighted by Crippen LogP contribution is 2.35. The zero-order chi connectivity index (χ0) is 18.2. The lowest BCUT2D eigenvalue weighted by atomic mass is 10.0. The van der Waals surface area contributed by atoms with Gasteiger partial charge in [0, 0.05) is 12.7 Å². The molecule has 0 amide bonds. The molecule has 0 heterocycles. The maximum atomic E-state index is 12.8. The zero-order valence-electron chi connectivity index (χ0n) is 14.1. The molecule has 0 bridgehead atoms. The lowest BCUT2D eigenvalue weighted by molar-refractivity contribution is -0.410. The van der Waals surface area contributed by atoms with Gasteiger partial charge in [-0.2, -0.15) is 0 Å². The van der Waals surface area contributed by atoms with Gasteiger partial charge in [-0.25, -0.2) is 9.53 Å². The first-order chi connectivity index (χ1) is 11.2. The zero-order valence-corrected chi connectivity index (χ0v) is 14.1. The van der Waals surface area contributed by atoms with E-state index in [9.17, 15) is 18.0 Å². The summed E-state index contributed by atoms with van der Waals surface area (Å²) in [6.07, 6.45) is -2.71. The van der Waals surface area contributed by atoms with E-state index in [1.165, 1.54) is 24.3 Å². The van der Waals surface area contributed by atoms with Gasteiger partial charge < -0.3 is 9.47 Å². The summed E-state index contributed by atoms with van der Waals surface area (Å²) in [7, 11) is 0.971. The van der Waals surface area contributed by atoms with Crippen LogP contribution in [-0.4, -0.2) is 26.0 Å². The van der Waals surface area contributed by atoms with E-state index >= 15 is 0 Å². The Hall–Kier alpha value is -1.60. The molecule has 0 saturated heterocycles. The number of halogens is 3. The van der Waals surface area contributed by atoms with Crippen molar-refractivity contribution in [3.05, 3.63) is 35.9 Å². The van der Waals surface area contributed by atoms with Crippen molar-refractivity contribution in [3.63, 3.8) is 0 Å². The van der Waals surface area contributed by atoms with Gasteiger partial charge in [0.15, 0.2) is 0 Å². The van der Waals surface area contributed by atoms with Crippen molar-refractivity contribution < 1.29 is 32.2 Å². The Balaban J connectivity index is 2.90. The molecule has 1 aromatic carbocycles. The average molecular weight is 348 g/mol. The predicted octanol–water partition coefficient (Wildman–Crippen LogP) is 4.39. The van der Waals surface area contributed by atoms with Gasteiger partial charge in [0.25, 0.3) is 0 Å². The second-order valence-corrected chi connectivity index (χ2v) is 5.53. The van der Waals surface area contributed by atoms with Gasteiger partial charge in [0.05, 0.1) is 6.61 Å². The molecule has 24 heavy (non-hydrogen) atoms. The van der Waals surface area contributed by atoms with Crippen LogP contribution in [0.2, 0.25) is 0 Å². The third-order valence-electron chi connectivity index (χ3n) is 3.74. The van der Waals surface area contributed by atoms with Crippen molar-refractivity contribution in [2.45, 2.75) is 45.3 Å². The van der Waals surface area contributed by atoms with Crippen LogP contribution in [0.5, 0.6) is 0 Å². The minimum absolute atomic E-state index is 0.00232. The number of benzene rings is 1. The lowest BCUT2D eigenvalue weighted by Gasteiger charge is -2.30. The summed E-state index contributed by atoms with van der Waals surface area (Å²) < 4.78 is 52.3. The number of ether oxygens (including phenoxy) is 3. The van der Waals surface area contributed by atoms with E-state index in [4.69, 9.17) is 9.47 Å². The molecule has 0 aromatic heterocycles. The van der Waals surface area contributed by atoms with Crippen LogP contribution in [-0.2, 0) is 24.8 Å². The third kappa shape index (κ3) is 5.79. The predicted molar refractivity (Wildman–Crippen MR) is 81.9 cm³/mol. The minimum Gasteiger partial charge on any atom is -0.461 e. The number of alkyl halides is 3. The molecule has 7 heteroatoms. The van der Waals surface area contributed by atoms with E-state index in [-0.39, 0.29) is 12.2 Å². The summed E-state index contributed by atoms with van der Waals surface area (Å²) in [5, 5.41) is 0. The minimum atomic E-state index is -5.07. The number of carbonyl (C=O) groups excluding carboxylic acids is 1. The van der Waals surface area contributed by atoms with Gasteiger partial charge in [-0.1, -0.05) is 50.6 Å². The second kappa shape index (κ2) is 9.03. The average Bonchev–Trinajstić information content (AvgIpc) is 2.56. The highest BCUT2D eigenvalue weighted by Gasteiger charge is 2.52. The molecular weight excluding hydrogens is 325 g/mol. The molecule has 0 fully saturated rings. The van der Waals surface area contributed by atoms with E-state index in [1.54, 1.807) is 6.07 Å². The second-order valence-electron chi connectivity index (χ2n) is 5.53. The largest absolute Gasteiger partial charge is 0.525 e. The summed E-state index contributed by atoms with van der Waals surface area (Å²) >= 11 is 0. The molecule has 2 atom stereocenters. The van der Waals surface area contributed by atoms with Crippen molar-refractivity contribution in [2.24, 2.45) is 5.92 Å². The molecule has 136 valence electrons. The number of hydrogen-bond donors (Lipinski definition) is 0. The first kappa shape index (κ1) is 20.4. The summed E-state index contributed by atoms with van der Waals surface area (Å²) in [5.74, 6) is -3.44. The number of rotatable bonds is 9. The molecule has 0 aliphatic heterocycles. The summed E-state index contributed by atoms with van der Waals surface area (Å²) in [6, 6.07) is 7.21. The van der Waals surface area contributed by atoms with Crippen LogP contribution in [0.1, 0.15) is 38.7 Å². The van der Waals surface area contributed by atoms with Gasteiger partial charge in [-0.3, -0.25) is 0 Å². The molecule has 1 aromatic rings. The molecule has 1 rings (SSSR count). The SMILES string of the molecule is CC[C@H](C)CCCOC(=O)[C@@](OC)(OC(F)(F)F)c1ccccc1. The lowest BCUT2D eigenvalue weighted by Crippen LogP contribution is -2.45. The quantitative estimate of drug-likeness (QED) is 0.377. The molecule has 0 aliphatic rings. The Kier molecular flexibility index (Phi) is 7.69. The Bertz CT molecular complexity index is 504. The maximum Gasteiger partial charge on any atom is 0.525 e. The van der Waals surface area contributed by atoms with Crippen LogP contribution >= 0.6 is 0 Å². The smallest absolute Gasteiger partial charge is 0.461 e. The third-order valence-corrected chi connectivity index (χ3v) is 3.74. The number of carbonyl (C=O) groups is 1.